The van der Waals surface area contributed by atoms with Gasteiger partial charge in [-0.15, -0.1) is 0 Å². The van der Waals surface area contributed by atoms with E-state index in [0.29, 0.717) is 4.77 Å². The highest BCUT2D eigenvalue weighted by Gasteiger charge is 2.13. The van der Waals surface area contributed by atoms with Crippen molar-refractivity contribution >= 4 is 12.2 Å². The van der Waals surface area contributed by atoms with Crippen molar-refractivity contribution in [1.29, 1.82) is 0 Å². The zero-order valence-corrected chi connectivity index (χ0v) is 13.4. The van der Waals surface area contributed by atoms with Crippen molar-refractivity contribution in [3.05, 3.63) is 34.1 Å². The molecule has 1 fully saturated rings. The smallest absolute Gasteiger partial charge is 0.221 e. The minimum absolute atomic E-state index is 0.660. The Hall–Kier alpha value is -1.53. The van der Waals surface area contributed by atoms with E-state index >= 15 is 0 Å². The maximum absolute atomic E-state index is 5.54. The van der Waals surface area contributed by atoms with Crippen LogP contribution in [-0.2, 0) is 6.67 Å². The molecule has 0 aliphatic carbocycles. The fourth-order valence-corrected chi connectivity index (χ4v) is 3.08. The molecule has 2 aromatic rings. The van der Waals surface area contributed by atoms with Crippen LogP contribution in [0.25, 0.3) is 5.69 Å². The van der Waals surface area contributed by atoms with Gasteiger partial charge in [0.15, 0.2) is 0 Å². The first-order valence-electron chi connectivity index (χ1n) is 7.48. The molecule has 1 aromatic heterocycles. The van der Waals surface area contributed by atoms with Gasteiger partial charge in [-0.2, -0.15) is 4.68 Å². The van der Waals surface area contributed by atoms with Crippen molar-refractivity contribution in [3.8, 4) is 5.69 Å². The molecular weight excluding hydrogens is 282 g/mol. The number of nitrogens with zero attached hydrogens (tertiary/aromatic N) is 5. The summed E-state index contributed by atoms with van der Waals surface area (Å²) < 4.78 is 4.24. The molecule has 112 valence electrons. The molecule has 2 heterocycles. The standard InChI is InChI=1S/C15H21N5S/c1-12-6-7-14(13(2)10-12)20-15(21)19(16-17-20)11-18-8-4-3-5-9-18/h6-7,10H,3-5,8-9,11H2,1-2H3. The summed E-state index contributed by atoms with van der Waals surface area (Å²) in [6, 6.07) is 6.27. The Morgan fingerprint density at radius 1 is 1.10 bits per heavy atom. The lowest BCUT2D eigenvalue weighted by atomic mass is 10.1. The molecule has 1 aliphatic heterocycles. The molecule has 1 aliphatic rings. The summed E-state index contributed by atoms with van der Waals surface area (Å²) in [7, 11) is 0. The predicted octanol–water partition coefficient (Wildman–Crippen LogP) is 2.86. The molecule has 0 N–H and O–H groups in total. The van der Waals surface area contributed by atoms with E-state index in [-0.39, 0.29) is 0 Å². The highest BCUT2D eigenvalue weighted by atomic mass is 32.1. The lowest BCUT2D eigenvalue weighted by molar-refractivity contribution is 0.171. The number of hydrogen-bond acceptors (Lipinski definition) is 4. The Kier molecular flexibility index (Phi) is 4.17. The number of hydrogen-bond donors (Lipinski definition) is 0. The molecule has 6 heteroatoms. The molecular formula is C15H21N5S. The zero-order chi connectivity index (χ0) is 14.8. The van der Waals surface area contributed by atoms with Crippen molar-refractivity contribution in [1.82, 2.24) is 24.7 Å². The highest BCUT2D eigenvalue weighted by molar-refractivity contribution is 7.71. The largest absolute Gasteiger partial charge is 0.284 e. The van der Waals surface area contributed by atoms with Gasteiger partial charge in [-0.3, -0.25) is 4.90 Å². The fraction of sp³-hybridized carbons (Fsp3) is 0.533. The topological polar surface area (TPSA) is 38.9 Å². The molecule has 0 radical (unpaired) electrons. The van der Waals surface area contributed by atoms with E-state index in [0.717, 1.165) is 31.0 Å². The highest BCUT2D eigenvalue weighted by Crippen LogP contribution is 2.15. The van der Waals surface area contributed by atoms with E-state index in [2.05, 4.69) is 47.4 Å². The van der Waals surface area contributed by atoms with Gasteiger partial charge in [0.25, 0.3) is 0 Å². The normalized spacial score (nSPS) is 16.3. The first-order valence-corrected chi connectivity index (χ1v) is 7.89. The molecule has 0 saturated carbocycles. The SMILES string of the molecule is Cc1ccc(-n2nnn(CN3CCCCC3)c2=S)c(C)c1. The van der Waals surface area contributed by atoms with E-state index < -0.39 is 0 Å². The van der Waals surface area contributed by atoms with E-state index in [9.17, 15) is 0 Å². The predicted molar refractivity (Wildman–Crippen MR) is 85.1 cm³/mol. The van der Waals surface area contributed by atoms with Crippen LogP contribution in [0, 0.1) is 18.6 Å². The lowest BCUT2D eigenvalue weighted by Gasteiger charge is -2.25. The van der Waals surface area contributed by atoms with Gasteiger partial charge >= 0.3 is 0 Å². The van der Waals surface area contributed by atoms with Gasteiger partial charge in [-0.25, -0.2) is 4.68 Å². The second kappa shape index (κ2) is 6.07. The van der Waals surface area contributed by atoms with Crippen LogP contribution in [-0.4, -0.2) is 37.8 Å². The third kappa shape index (κ3) is 3.06. The molecule has 0 atom stereocenters. The van der Waals surface area contributed by atoms with Gasteiger partial charge in [0.1, 0.15) is 0 Å². The Bertz CT molecular complexity index is 682. The van der Waals surface area contributed by atoms with E-state index in [4.69, 9.17) is 12.2 Å². The molecule has 5 nitrogen and oxygen atoms in total. The Morgan fingerprint density at radius 3 is 2.57 bits per heavy atom. The minimum atomic E-state index is 0.660. The second-order valence-corrected chi connectivity index (χ2v) is 6.15. The Labute approximate surface area is 130 Å². The number of rotatable bonds is 3. The van der Waals surface area contributed by atoms with Gasteiger partial charge < -0.3 is 0 Å². The number of tetrazole rings is 1. The lowest BCUT2D eigenvalue weighted by Crippen LogP contribution is -2.32. The van der Waals surface area contributed by atoms with Crippen molar-refractivity contribution in [2.75, 3.05) is 13.1 Å². The molecule has 0 spiro atoms. The number of aromatic nitrogens is 4. The van der Waals surface area contributed by atoms with Crippen LogP contribution in [0.2, 0.25) is 0 Å². The number of aryl methyl sites for hydroxylation is 2. The van der Waals surface area contributed by atoms with E-state index in [1.165, 1.54) is 24.8 Å². The zero-order valence-electron chi connectivity index (χ0n) is 12.6. The summed E-state index contributed by atoms with van der Waals surface area (Å²) in [5.41, 5.74) is 3.41. The first kappa shape index (κ1) is 14.4. The van der Waals surface area contributed by atoms with E-state index in [1.54, 1.807) is 4.68 Å². The van der Waals surface area contributed by atoms with Gasteiger partial charge in [-0.1, -0.05) is 24.1 Å². The quantitative estimate of drug-likeness (QED) is 0.817. The molecule has 1 saturated heterocycles. The number of likely N-dealkylation sites (tertiary alicyclic amines) is 1. The summed E-state index contributed by atoms with van der Waals surface area (Å²) in [5.74, 6) is 0. The average molecular weight is 303 g/mol. The summed E-state index contributed by atoms with van der Waals surface area (Å²) in [5, 5.41) is 8.47. The van der Waals surface area contributed by atoms with Crippen LogP contribution in [0.3, 0.4) is 0 Å². The molecule has 3 rings (SSSR count). The van der Waals surface area contributed by atoms with Gasteiger partial charge in [-0.05, 0) is 74.1 Å². The molecule has 0 amide bonds. The third-order valence-electron chi connectivity index (χ3n) is 4.00. The monoisotopic (exact) mass is 303 g/mol. The summed E-state index contributed by atoms with van der Waals surface area (Å²) >= 11 is 5.54. The van der Waals surface area contributed by atoms with Gasteiger partial charge in [0, 0.05) is 0 Å². The average Bonchev–Trinajstić information content (AvgIpc) is 2.82. The summed E-state index contributed by atoms with van der Waals surface area (Å²) in [6.07, 6.45) is 3.86. The van der Waals surface area contributed by atoms with Crippen LogP contribution < -0.4 is 0 Å². The fourth-order valence-electron chi connectivity index (χ4n) is 2.85. The van der Waals surface area contributed by atoms with Crippen molar-refractivity contribution in [2.45, 2.75) is 39.8 Å². The molecule has 0 unspecified atom stereocenters. The number of benzene rings is 1. The maximum atomic E-state index is 5.54. The molecule has 21 heavy (non-hydrogen) atoms. The van der Waals surface area contributed by atoms with E-state index in [1.807, 2.05) is 4.68 Å². The van der Waals surface area contributed by atoms with Crippen molar-refractivity contribution in [3.63, 3.8) is 0 Å². The van der Waals surface area contributed by atoms with Crippen LogP contribution in [0.1, 0.15) is 30.4 Å². The second-order valence-electron chi connectivity index (χ2n) is 5.78. The first-order chi connectivity index (χ1) is 10.1. The van der Waals surface area contributed by atoms with Gasteiger partial charge in [0.05, 0.1) is 12.4 Å². The molecule has 1 aromatic carbocycles. The van der Waals surface area contributed by atoms with Crippen LogP contribution >= 0.6 is 12.2 Å². The Morgan fingerprint density at radius 2 is 1.86 bits per heavy atom. The summed E-state index contributed by atoms with van der Waals surface area (Å²) in [6.45, 7) is 7.15. The van der Waals surface area contributed by atoms with Crippen LogP contribution in [0.5, 0.6) is 0 Å². The minimum Gasteiger partial charge on any atom is -0.284 e. The van der Waals surface area contributed by atoms with Crippen molar-refractivity contribution < 1.29 is 0 Å². The molecule has 0 bridgehead atoms. The summed E-state index contributed by atoms with van der Waals surface area (Å²) in [4.78, 5) is 2.39. The van der Waals surface area contributed by atoms with Crippen molar-refractivity contribution in [2.24, 2.45) is 0 Å². The van der Waals surface area contributed by atoms with Crippen LogP contribution in [0.15, 0.2) is 18.2 Å². The third-order valence-corrected chi connectivity index (χ3v) is 4.39. The maximum Gasteiger partial charge on any atom is 0.221 e. The Balaban J connectivity index is 1.86. The van der Waals surface area contributed by atoms with Gasteiger partial charge in [0.2, 0.25) is 4.77 Å². The van der Waals surface area contributed by atoms with Crippen LogP contribution in [0.4, 0.5) is 0 Å². The number of piperidine rings is 1.